The number of carbonyl (C=O) groups excluding carboxylic acids is 4. The van der Waals surface area contributed by atoms with Crippen molar-refractivity contribution in [1.29, 1.82) is 0 Å². The second kappa shape index (κ2) is 69.2. The van der Waals surface area contributed by atoms with E-state index in [1.165, 1.54) is 38.5 Å². The SMILES string of the molecule is CC/C=C\C/C=C\C/C=C\C/C=C\CCCCC(=O)OC(COC(=O)CCCCCCCCC/C=C\C/C=C\C/C=C\CC)COP(=O)(O)OCC(O)COP(=O)(O)OCC(COC(=O)CCCCCCC/C=C\C/C=C\CCC)OC(=O)CCCCCCCCCCCCC. The Hall–Kier alpha value is -4.28. The number of aliphatic hydroxyl groups excluding tert-OH is 1. The normalized spacial score (nSPS) is 14.6. The van der Waals surface area contributed by atoms with E-state index >= 15 is 0 Å². The summed E-state index contributed by atoms with van der Waals surface area (Å²) in [6.45, 7) is 4.50. The zero-order valence-electron chi connectivity index (χ0n) is 60.0. The van der Waals surface area contributed by atoms with Gasteiger partial charge in [0.05, 0.1) is 26.4 Å². The van der Waals surface area contributed by atoms with Gasteiger partial charge in [-0.05, 0) is 122 Å². The van der Waals surface area contributed by atoms with E-state index in [4.69, 9.17) is 37.0 Å². The van der Waals surface area contributed by atoms with Crippen molar-refractivity contribution < 1.29 is 80.2 Å². The van der Waals surface area contributed by atoms with Gasteiger partial charge in [-0.2, -0.15) is 0 Å². The lowest BCUT2D eigenvalue weighted by molar-refractivity contribution is -0.161. The van der Waals surface area contributed by atoms with Gasteiger partial charge in [0.1, 0.15) is 19.3 Å². The number of rotatable bonds is 69. The smallest absolute Gasteiger partial charge is 0.462 e. The van der Waals surface area contributed by atoms with Crippen molar-refractivity contribution in [3.05, 3.63) is 109 Å². The van der Waals surface area contributed by atoms with Crippen LogP contribution in [-0.2, 0) is 65.4 Å². The molecule has 5 atom stereocenters. The second-order valence-electron chi connectivity index (χ2n) is 24.5. The number of phosphoric acid groups is 2. The van der Waals surface area contributed by atoms with E-state index in [1.54, 1.807) is 0 Å². The molecule has 0 bridgehead atoms. The highest BCUT2D eigenvalue weighted by atomic mass is 31.2. The first-order chi connectivity index (χ1) is 46.7. The Morgan fingerprint density at radius 3 is 0.896 bits per heavy atom. The molecule has 17 nitrogen and oxygen atoms in total. The third-order valence-electron chi connectivity index (χ3n) is 15.2. The highest BCUT2D eigenvalue weighted by Crippen LogP contribution is 2.45. The highest BCUT2D eigenvalue weighted by Gasteiger charge is 2.30. The third kappa shape index (κ3) is 68.3. The van der Waals surface area contributed by atoms with E-state index in [-0.39, 0.29) is 25.7 Å². The number of phosphoric ester groups is 2. The van der Waals surface area contributed by atoms with Gasteiger partial charge >= 0.3 is 39.5 Å². The summed E-state index contributed by atoms with van der Waals surface area (Å²) in [7, 11) is -9.96. The van der Waals surface area contributed by atoms with Gasteiger partial charge in [0, 0.05) is 25.7 Å². The van der Waals surface area contributed by atoms with Gasteiger partial charge in [-0.15, -0.1) is 0 Å². The lowest BCUT2D eigenvalue weighted by Gasteiger charge is -2.21. The molecule has 0 aromatic carbocycles. The molecule has 0 radical (unpaired) electrons. The van der Waals surface area contributed by atoms with Crippen LogP contribution in [0.15, 0.2) is 109 Å². The molecule has 0 fully saturated rings. The Kier molecular flexibility index (Phi) is 66.1. The summed E-state index contributed by atoms with van der Waals surface area (Å²) in [6, 6.07) is 0. The molecule has 19 heteroatoms. The van der Waals surface area contributed by atoms with E-state index in [1.807, 2.05) is 0 Å². The first-order valence-electron chi connectivity index (χ1n) is 37.1. The standard InChI is InChI=1S/C77H132O17P2/c1-5-9-13-17-21-25-29-32-34-35-37-39-43-46-50-54-58-62-75(80)88-68-73(94-77(82)64-60-56-52-48-44-40-36-33-30-26-22-18-14-10-6-2)70-92-96(85,86)90-66-71(78)65-89-95(83,84)91-69-72(93-76(81)63-59-55-51-47-41-28-24-20-16-12-8-4)67-87-74(79)61-57-53-49-45-42-38-31-27-23-19-15-11-7-3/h9-10,13-15,19,21-22,25-27,31-34,36,44,48,71-73,78H,5-8,11-12,16-18,20,23-24,28-30,35,37-43,45-47,49-70H2,1-4H3,(H,83,84)(H,85,86)/b13-9-,14-10-,19-15-,25-21-,26-22-,31-27-,34-32-,36-33-,48-44-. The van der Waals surface area contributed by atoms with E-state index in [9.17, 15) is 43.2 Å². The minimum atomic E-state index is -4.99. The summed E-state index contributed by atoms with van der Waals surface area (Å²) < 4.78 is 68.3. The fraction of sp³-hybridized carbons (Fsp3) is 0.714. The molecular weight excluding hydrogens is 1260 g/mol. The fourth-order valence-corrected chi connectivity index (χ4v) is 11.2. The fourth-order valence-electron chi connectivity index (χ4n) is 9.62. The van der Waals surface area contributed by atoms with Gasteiger partial charge in [0.15, 0.2) is 12.2 Å². The number of unbranched alkanes of at least 4 members (excludes halogenated alkanes) is 25. The molecular formula is C77H132O17P2. The van der Waals surface area contributed by atoms with Crippen LogP contribution in [0.1, 0.15) is 297 Å². The van der Waals surface area contributed by atoms with Crippen molar-refractivity contribution in [3.8, 4) is 0 Å². The van der Waals surface area contributed by atoms with Crippen molar-refractivity contribution in [2.75, 3.05) is 39.6 Å². The average molecular weight is 1390 g/mol. The summed E-state index contributed by atoms with van der Waals surface area (Å²) in [5, 5.41) is 10.6. The number of esters is 4. The molecule has 0 aromatic rings. The van der Waals surface area contributed by atoms with Gasteiger partial charge in [-0.1, -0.05) is 259 Å². The summed E-state index contributed by atoms with van der Waals surface area (Å²) in [6.07, 6.45) is 72.4. The quantitative estimate of drug-likeness (QED) is 0.0169. The first kappa shape index (κ1) is 91.7. The van der Waals surface area contributed by atoms with E-state index in [0.717, 1.165) is 173 Å². The van der Waals surface area contributed by atoms with Crippen molar-refractivity contribution in [2.45, 2.75) is 316 Å². The van der Waals surface area contributed by atoms with Gasteiger partial charge in [-0.25, -0.2) is 9.13 Å². The van der Waals surface area contributed by atoms with Crippen molar-refractivity contribution in [1.82, 2.24) is 0 Å². The molecule has 0 aromatic heterocycles. The van der Waals surface area contributed by atoms with Gasteiger partial charge in [0.25, 0.3) is 0 Å². The molecule has 0 aliphatic heterocycles. The van der Waals surface area contributed by atoms with Crippen LogP contribution in [-0.4, -0.2) is 96.7 Å². The highest BCUT2D eigenvalue weighted by molar-refractivity contribution is 7.47. The van der Waals surface area contributed by atoms with Crippen molar-refractivity contribution in [3.63, 3.8) is 0 Å². The molecule has 0 rings (SSSR count). The Bertz CT molecular complexity index is 2250. The summed E-state index contributed by atoms with van der Waals surface area (Å²) in [5.74, 6) is -2.24. The molecule has 0 aliphatic rings. The van der Waals surface area contributed by atoms with Crippen LogP contribution in [0.2, 0.25) is 0 Å². The molecule has 0 aliphatic carbocycles. The van der Waals surface area contributed by atoms with Gasteiger partial charge < -0.3 is 33.8 Å². The van der Waals surface area contributed by atoms with Crippen LogP contribution < -0.4 is 0 Å². The molecule has 0 saturated carbocycles. The van der Waals surface area contributed by atoms with E-state index < -0.39 is 97.5 Å². The largest absolute Gasteiger partial charge is 0.472 e. The number of aliphatic hydroxyl groups is 1. The molecule has 3 N–H and O–H groups in total. The van der Waals surface area contributed by atoms with Crippen LogP contribution in [0, 0.1) is 0 Å². The van der Waals surface area contributed by atoms with Crippen molar-refractivity contribution in [2.24, 2.45) is 0 Å². The third-order valence-corrected chi connectivity index (χ3v) is 17.1. The summed E-state index contributed by atoms with van der Waals surface area (Å²) in [4.78, 5) is 72.7. The predicted molar refractivity (Wildman–Crippen MR) is 390 cm³/mol. The van der Waals surface area contributed by atoms with Crippen LogP contribution >= 0.6 is 15.6 Å². The van der Waals surface area contributed by atoms with Crippen LogP contribution in [0.25, 0.3) is 0 Å². The van der Waals surface area contributed by atoms with Crippen LogP contribution in [0.4, 0.5) is 0 Å². The van der Waals surface area contributed by atoms with Crippen molar-refractivity contribution >= 4 is 39.5 Å². The number of carbonyl (C=O) groups is 4. The zero-order chi connectivity index (χ0) is 70.4. The lowest BCUT2D eigenvalue weighted by Crippen LogP contribution is -2.30. The monoisotopic (exact) mass is 1390 g/mol. The van der Waals surface area contributed by atoms with Gasteiger partial charge in [0.2, 0.25) is 0 Å². The Labute approximate surface area is 581 Å². The number of hydrogen-bond acceptors (Lipinski definition) is 15. The maximum Gasteiger partial charge on any atom is 0.472 e. The minimum absolute atomic E-state index is 0.0392. The van der Waals surface area contributed by atoms with E-state index in [2.05, 4.69) is 137 Å². The second-order valence-corrected chi connectivity index (χ2v) is 27.4. The maximum atomic E-state index is 13.1. The molecule has 0 saturated heterocycles. The molecule has 552 valence electrons. The molecule has 0 spiro atoms. The topological polar surface area (TPSA) is 237 Å². The number of ether oxygens (including phenoxy) is 4. The maximum absolute atomic E-state index is 13.1. The summed E-state index contributed by atoms with van der Waals surface area (Å²) >= 11 is 0. The summed E-state index contributed by atoms with van der Waals surface area (Å²) in [5.41, 5.74) is 0. The predicted octanol–water partition coefficient (Wildman–Crippen LogP) is 21.0. The zero-order valence-corrected chi connectivity index (χ0v) is 61.8. The molecule has 0 amide bonds. The number of allylic oxidation sites excluding steroid dienone is 18. The Morgan fingerprint density at radius 1 is 0.302 bits per heavy atom. The van der Waals surface area contributed by atoms with Crippen LogP contribution in [0.3, 0.4) is 0 Å². The lowest BCUT2D eigenvalue weighted by atomic mass is 10.1. The Morgan fingerprint density at radius 2 is 0.562 bits per heavy atom. The molecule has 0 heterocycles. The van der Waals surface area contributed by atoms with Gasteiger partial charge in [-0.3, -0.25) is 37.3 Å². The number of hydrogen-bond donors (Lipinski definition) is 3. The first-order valence-corrected chi connectivity index (χ1v) is 40.1. The molecule has 96 heavy (non-hydrogen) atoms. The van der Waals surface area contributed by atoms with Crippen LogP contribution in [0.5, 0.6) is 0 Å². The molecule has 5 unspecified atom stereocenters. The van der Waals surface area contributed by atoms with E-state index in [0.29, 0.717) is 32.1 Å². The minimum Gasteiger partial charge on any atom is -0.462 e. The Balaban J connectivity index is 5.37. The average Bonchev–Trinajstić information content (AvgIpc) is 2.14.